The molecule has 1 aliphatic heterocycles. The third-order valence-corrected chi connectivity index (χ3v) is 4.47. The zero-order chi connectivity index (χ0) is 15.5. The van der Waals surface area contributed by atoms with E-state index in [1.807, 2.05) is 18.2 Å². The van der Waals surface area contributed by atoms with E-state index in [0.29, 0.717) is 12.0 Å². The van der Waals surface area contributed by atoms with Gasteiger partial charge in [0, 0.05) is 23.0 Å². The van der Waals surface area contributed by atoms with Gasteiger partial charge in [0.15, 0.2) is 0 Å². The fourth-order valence-corrected chi connectivity index (χ4v) is 3.16. The monoisotopic (exact) mass is 309 g/mol. The first-order valence-electron chi connectivity index (χ1n) is 8.15. The fraction of sp³-hybridized carbons (Fsp3) is 0.667. The second-order valence-corrected chi connectivity index (χ2v) is 7.31. The lowest BCUT2D eigenvalue weighted by Crippen LogP contribution is -2.42. The van der Waals surface area contributed by atoms with Gasteiger partial charge in [0.1, 0.15) is 11.4 Å². The van der Waals surface area contributed by atoms with Gasteiger partial charge in [0.2, 0.25) is 0 Å². The second-order valence-electron chi connectivity index (χ2n) is 6.88. The zero-order valence-corrected chi connectivity index (χ0v) is 14.5. The van der Waals surface area contributed by atoms with Crippen LogP contribution in [0.4, 0.5) is 0 Å². The van der Waals surface area contributed by atoms with Crippen LogP contribution < -0.4 is 10.1 Å². The summed E-state index contributed by atoms with van der Waals surface area (Å²) in [5.74, 6) is 1.70. The quantitative estimate of drug-likeness (QED) is 0.764. The van der Waals surface area contributed by atoms with E-state index in [1.165, 1.54) is 12.0 Å². The molecule has 1 aliphatic rings. The summed E-state index contributed by atoms with van der Waals surface area (Å²) < 4.78 is 6.34. The Balaban J connectivity index is 2.21. The van der Waals surface area contributed by atoms with Crippen LogP contribution in [0.1, 0.15) is 65.0 Å². The van der Waals surface area contributed by atoms with E-state index in [9.17, 15) is 0 Å². The summed E-state index contributed by atoms with van der Waals surface area (Å²) in [7, 11) is 0. The standard InChI is InChI=1S/C18H28ClNO/c1-5-10-20-16-12-18(4,9-8-13(2)3)21-17-7-6-14(19)11-15(16)17/h6-7,11,13,16,20H,5,8-10,12H2,1-4H3. The van der Waals surface area contributed by atoms with Gasteiger partial charge in [-0.25, -0.2) is 0 Å². The summed E-state index contributed by atoms with van der Waals surface area (Å²) in [6.07, 6.45) is 4.43. The van der Waals surface area contributed by atoms with Gasteiger partial charge in [0.05, 0.1) is 0 Å². The van der Waals surface area contributed by atoms with Crippen molar-refractivity contribution in [3.05, 3.63) is 28.8 Å². The molecule has 21 heavy (non-hydrogen) atoms. The van der Waals surface area contributed by atoms with Gasteiger partial charge in [-0.15, -0.1) is 0 Å². The van der Waals surface area contributed by atoms with Gasteiger partial charge in [-0.2, -0.15) is 0 Å². The van der Waals surface area contributed by atoms with Crippen LogP contribution >= 0.6 is 11.6 Å². The van der Waals surface area contributed by atoms with E-state index in [1.54, 1.807) is 0 Å². The van der Waals surface area contributed by atoms with Crippen molar-refractivity contribution in [3.8, 4) is 5.75 Å². The molecule has 118 valence electrons. The van der Waals surface area contributed by atoms with Gasteiger partial charge < -0.3 is 10.1 Å². The molecular weight excluding hydrogens is 282 g/mol. The highest BCUT2D eigenvalue weighted by molar-refractivity contribution is 6.30. The number of benzene rings is 1. The van der Waals surface area contributed by atoms with Crippen molar-refractivity contribution in [3.63, 3.8) is 0 Å². The van der Waals surface area contributed by atoms with E-state index in [-0.39, 0.29) is 5.60 Å². The Morgan fingerprint density at radius 2 is 2.19 bits per heavy atom. The second kappa shape index (κ2) is 7.02. The number of halogens is 1. The number of fused-ring (bicyclic) bond motifs is 1. The van der Waals surface area contributed by atoms with Crippen LogP contribution in [0.3, 0.4) is 0 Å². The van der Waals surface area contributed by atoms with Crippen molar-refractivity contribution < 1.29 is 4.74 Å². The Labute approximate surface area is 134 Å². The molecule has 0 amide bonds. The molecule has 0 fully saturated rings. The summed E-state index contributed by atoms with van der Waals surface area (Å²) in [6, 6.07) is 6.33. The van der Waals surface area contributed by atoms with Crippen molar-refractivity contribution in [1.82, 2.24) is 5.32 Å². The lowest BCUT2D eigenvalue weighted by atomic mass is 9.84. The van der Waals surface area contributed by atoms with Crippen LogP contribution in [0.5, 0.6) is 5.75 Å². The minimum absolute atomic E-state index is 0.0868. The molecule has 2 atom stereocenters. The van der Waals surface area contributed by atoms with Gasteiger partial charge in [0.25, 0.3) is 0 Å². The predicted molar refractivity (Wildman–Crippen MR) is 90.2 cm³/mol. The van der Waals surface area contributed by atoms with Crippen molar-refractivity contribution in [2.75, 3.05) is 6.54 Å². The predicted octanol–water partition coefficient (Wildman–Crippen LogP) is 5.36. The molecule has 1 N–H and O–H groups in total. The molecule has 0 saturated carbocycles. The topological polar surface area (TPSA) is 21.3 Å². The normalized spacial score (nSPS) is 24.8. The zero-order valence-electron chi connectivity index (χ0n) is 13.7. The Bertz CT molecular complexity index is 474. The van der Waals surface area contributed by atoms with Crippen molar-refractivity contribution in [2.24, 2.45) is 5.92 Å². The highest BCUT2D eigenvalue weighted by Crippen LogP contribution is 2.42. The number of hydrogen-bond acceptors (Lipinski definition) is 2. The van der Waals surface area contributed by atoms with Crippen LogP contribution in [0.15, 0.2) is 18.2 Å². The Kier molecular flexibility index (Phi) is 5.56. The molecule has 0 saturated heterocycles. The van der Waals surface area contributed by atoms with Crippen LogP contribution in [-0.2, 0) is 0 Å². The summed E-state index contributed by atoms with van der Waals surface area (Å²) >= 11 is 6.17. The van der Waals surface area contributed by atoms with Gasteiger partial charge in [-0.3, -0.25) is 0 Å². The summed E-state index contributed by atoms with van der Waals surface area (Å²) in [5.41, 5.74) is 1.12. The average molecular weight is 310 g/mol. The molecule has 0 aliphatic carbocycles. The molecule has 0 spiro atoms. The van der Waals surface area contributed by atoms with Crippen LogP contribution in [0.2, 0.25) is 5.02 Å². The first kappa shape index (κ1) is 16.6. The molecule has 1 aromatic carbocycles. The third-order valence-electron chi connectivity index (χ3n) is 4.23. The van der Waals surface area contributed by atoms with E-state index < -0.39 is 0 Å². The fourth-order valence-electron chi connectivity index (χ4n) is 2.98. The SMILES string of the molecule is CCCNC1CC(C)(CCC(C)C)Oc2ccc(Cl)cc21. The Hall–Kier alpha value is -0.730. The highest BCUT2D eigenvalue weighted by atomic mass is 35.5. The summed E-state index contributed by atoms with van der Waals surface area (Å²) in [5, 5.41) is 4.44. The molecular formula is C18H28ClNO. The summed E-state index contributed by atoms with van der Waals surface area (Å²) in [6.45, 7) is 10.0. The molecule has 0 aromatic heterocycles. The highest BCUT2D eigenvalue weighted by Gasteiger charge is 2.36. The van der Waals surface area contributed by atoms with Gasteiger partial charge >= 0.3 is 0 Å². The lowest BCUT2D eigenvalue weighted by molar-refractivity contribution is 0.0349. The van der Waals surface area contributed by atoms with Crippen molar-refractivity contribution in [1.29, 1.82) is 0 Å². The molecule has 1 aromatic rings. The van der Waals surface area contributed by atoms with E-state index in [0.717, 1.165) is 36.6 Å². The Morgan fingerprint density at radius 1 is 1.43 bits per heavy atom. The molecule has 2 nitrogen and oxygen atoms in total. The minimum atomic E-state index is -0.0868. The van der Waals surface area contributed by atoms with E-state index >= 15 is 0 Å². The number of nitrogens with one attached hydrogen (secondary N) is 1. The maximum absolute atomic E-state index is 6.34. The Morgan fingerprint density at radius 3 is 2.86 bits per heavy atom. The molecule has 2 rings (SSSR count). The van der Waals surface area contributed by atoms with Crippen LogP contribution in [0.25, 0.3) is 0 Å². The molecule has 0 bridgehead atoms. The summed E-state index contributed by atoms with van der Waals surface area (Å²) in [4.78, 5) is 0. The molecule has 3 heteroatoms. The molecule has 0 radical (unpaired) electrons. The average Bonchev–Trinajstić information content (AvgIpc) is 2.43. The van der Waals surface area contributed by atoms with Crippen LogP contribution in [-0.4, -0.2) is 12.1 Å². The van der Waals surface area contributed by atoms with Gasteiger partial charge in [-0.1, -0.05) is 32.4 Å². The minimum Gasteiger partial charge on any atom is -0.487 e. The number of ether oxygens (including phenoxy) is 1. The van der Waals surface area contributed by atoms with Gasteiger partial charge in [-0.05, 0) is 56.8 Å². The smallest absolute Gasteiger partial charge is 0.125 e. The van der Waals surface area contributed by atoms with E-state index in [2.05, 4.69) is 33.0 Å². The van der Waals surface area contributed by atoms with Crippen molar-refractivity contribution >= 4 is 11.6 Å². The largest absolute Gasteiger partial charge is 0.487 e. The number of hydrogen-bond donors (Lipinski definition) is 1. The van der Waals surface area contributed by atoms with E-state index in [4.69, 9.17) is 16.3 Å². The van der Waals surface area contributed by atoms with Crippen molar-refractivity contribution in [2.45, 2.75) is 65.0 Å². The molecule has 1 heterocycles. The first-order chi connectivity index (χ1) is 9.93. The maximum atomic E-state index is 6.34. The first-order valence-corrected chi connectivity index (χ1v) is 8.53. The maximum Gasteiger partial charge on any atom is 0.125 e. The number of rotatable bonds is 6. The van der Waals surface area contributed by atoms with Crippen LogP contribution in [0, 0.1) is 5.92 Å². The molecule has 2 unspecified atom stereocenters. The third kappa shape index (κ3) is 4.37. The lowest BCUT2D eigenvalue weighted by Gasteiger charge is -2.41.